The van der Waals surface area contributed by atoms with Gasteiger partial charge in [0.25, 0.3) is 5.69 Å². The van der Waals surface area contributed by atoms with Crippen LogP contribution in [0.4, 0.5) is 10.1 Å². The molecule has 0 amide bonds. The predicted octanol–water partition coefficient (Wildman–Crippen LogP) is 4.29. The molecule has 2 rings (SSSR count). The van der Waals surface area contributed by atoms with Crippen molar-refractivity contribution in [2.75, 3.05) is 0 Å². The van der Waals surface area contributed by atoms with E-state index in [9.17, 15) is 14.5 Å². The second-order valence-electron chi connectivity index (χ2n) is 3.43. The fourth-order valence-electron chi connectivity index (χ4n) is 1.32. The zero-order chi connectivity index (χ0) is 13.1. The molecule has 0 radical (unpaired) electrons. The summed E-state index contributed by atoms with van der Waals surface area (Å²) in [7, 11) is 0. The number of nitrogens with zero attached hydrogens (tertiary/aromatic N) is 1. The highest BCUT2D eigenvalue weighted by molar-refractivity contribution is 9.10. The van der Waals surface area contributed by atoms with Gasteiger partial charge in [0.15, 0.2) is 11.6 Å². The van der Waals surface area contributed by atoms with Gasteiger partial charge in [0, 0.05) is 16.6 Å². The van der Waals surface area contributed by atoms with Crippen molar-refractivity contribution in [3.63, 3.8) is 0 Å². The summed E-state index contributed by atoms with van der Waals surface area (Å²) in [5.41, 5.74) is -0.0429. The first-order valence-electron chi connectivity index (χ1n) is 4.93. The molecule has 0 saturated carbocycles. The summed E-state index contributed by atoms with van der Waals surface area (Å²) in [6.45, 7) is 0. The van der Waals surface area contributed by atoms with Gasteiger partial charge in [-0.05, 0) is 30.3 Å². The van der Waals surface area contributed by atoms with Crippen LogP contribution >= 0.6 is 15.9 Å². The standard InChI is InChI=1S/C12H7BrFNO3/c13-8-1-6-12(11(14)7-8)18-10-4-2-9(3-5-10)15(16)17/h1-7H. The molecule has 92 valence electrons. The molecule has 0 aromatic heterocycles. The number of non-ortho nitro benzene ring substituents is 1. The summed E-state index contributed by atoms with van der Waals surface area (Å²) in [5.74, 6) is -0.114. The first kappa shape index (κ1) is 12.5. The fraction of sp³-hybridized carbons (Fsp3) is 0. The van der Waals surface area contributed by atoms with E-state index in [2.05, 4.69) is 15.9 Å². The average Bonchev–Trinajstić information content (AvgIpc) is 2.33. The summed E-state index contributed by atoms with van der Waals surface area (Å²) < 4.78 is 19.4. The van der Waals surface area contributed by atoms with Gasteiger partial charge in [-0.25, -0.2) is 4.39 Å². The summed E-state index contributed by atoms with van der Waals surface area (Å²) in [6.07, 6.45) is 0. The maximum atomic E-state index is 13.5. The van der Waals surface area contributed by atoms with Crippen LogP contribution in [0.1, 0.15) is 0 Å². The Balaban J connectivity index is 2.21. The number of hydrogen-bond donors (Lipinski definition) is 0. The molecule has 2 aromatic rings. The molecule has 0 aliphatic heterocycles. The third-order valence-corrected chi connectivity index (χ3v) is 2.66. The zero-order valence-electron chi connectivity index (χ0n) is 8.97. The number of rotatable bonds is 3. The quantitative estimate of drug-likeness (QED) is 0.627. The molecule has 0 atom stereocenters. The Morgan fingerprint density at radius 2 is 1.83 bits per heavy atom. The first-order valence-corrected chi connectivity index (χ1v) is 5.73. The van der Waals surface area contributed by atoms with Crippen LogP contribution in [-0.4, -0.2) is 4.92 Å². The summed E-state index contributed by atoms with van der Waals surface area (Å²) >= 11 is 3.14. The third kappa shape index (κ3) is 2.84. The predicted molar refractivity (Wildman–Crippen MR) is 67.3 cm³/mol. The van der Waals surface area contributed by atoms with E-state index in [0.29, 0.717) is 10.2 Å². The van der Waals surface area contributed by atoms with Gasteiger partial charge in [0.2, 0.25) is 0 Å². The molecule has 6 heteroatoms. The summed E-state index contributed by atoms with van der Waals surface area (Å²) in [5, 5.41) is 10.5. The van der Waals surface area contributed by atoms with Gasteiger partial charge in [0.05, 0.1) is 4.92 Å². The second-order valence-corrected chi connectivity index (χ2v) is 4.34. The van der Waals surface area contributed by atoms with E-state index in [1.54, 1.807) is 6.07 Å². The van der Waals surface area contributed by atoms with Crippen molar-refractivity contribution in [3.8, 4) is 11.5 Å². The molecular formula is C12H7BrFNO3. The van der Waals surface area contributed by atoms with E-state index < -0.39 is 10.7 Å². The molecular weight excluding hydrogens is 305 g/mol. The molecule has 0 N–H and O–H groups in total. The lowest BCUT2D eigenvalue weighted by atomic mass is 10.3. The molecule has 18 heavy (non-hydrogen) atoms. The fourth-order valence-corrected chi connectivity index (χ4v) is 1.65. The number of benzene rings is 2. The molecule has 0 saturated heterocycles. The highest BCUT2D eigenvalue weighted by atomic mass is 79.9. The Morgan fingerprint density at radius 1 is 1.17 bits per heavy atom. The van der Waals surface area contributed by atoms with E-state index in [1.165, 1.54) is 36.4 Å². The first-order chi connectivity index (χ1) is 8.56. The lowest BCUT2D eigenvalue weighted by Gasteiger charge is -2.06. The van der Waals surface area contributed by atoms with Crippen LogP contribution in [0.15, 0.2) is 46.9 Å². The monoisotopic (exact) mass is 311 g/mol. The Kier molecular flexibility index (Phi) is 3.57. The van der Waals surface area contributed by atoms with Crippen LogP contribution in [0.3, 0.4) is 0 Å². The maximum Gasteiger partial charge on any atom is 0.269 e. The highest BCUT2D eigenvalue weighted by Gasteiger charge is 2.08. The van der Waals surface area contributed by atoms with Crippen LogP contribution in [0, 0.1) is 15.9 Å². The van der Waals surface area contributed by atoms with Gasteiger partial charge in [-0.15, -0.1) is 0 Å². The van der Waals surface area contributed by atoms with Crippen LogP contribution in [0.2, 0.25) is 0 Å². The van der Waals surface area contributed by atoms with Crippen molar-refractivity contribution in [2.24, 2.45) is 0 Å². The van der Waals surface area contributed by atoms with Gasteiger partial charge >= 0.3 is 0 Å². The largest absolute Gasteiger partial charge is 0.454 e. The number of ether oxygens (including phenoxy) is 1. The Bertz CT molecular complexity index is 586. The van der Waals surface area contributed by atoms with Crippen molar-refractivity contribution < 1.29 is 14.1 Å². The highest BCUT2D eigenvalue weighted by Crippen LogP contribution is 2.27. The third-order valence-electron chi connectivity index (χ3n) is 2.17. The van der Waals surface area contributed by atoms with E-state index in [0.717, 1.165) is 0 Å². The van der Waals surface area contributed by atoms with Crippen molar-refractivity contribution in [1.29, 1.82) is 0 Å². The number of hydrogen-bond acceptors (Lipinski definition) is 3. The molecule has 4 nitrogen and oxygen atoms in total. The number of nitro groups is 1. The molecule has 2 aromatic carbocycles. The Morgan fingerprint density at radius 3 is 2.39 bits per heavy atom. The Labute approximate surface area is 110 Å². The maximum absolute atomic E-state index is 13.5. The van der Waals surface area contributed by atoms with E-state index in [4.69, 9.17) is 4.74 Å². The molecule has 0 aliphatic rings. The normalized spacial score (nSPS) is 10.1. The lowest BCUT2D eigenvalue weighted by molar-refractivity contribution is -0.384. The van der Waals surface area contributed by atoms with E-state index in [-0.39, 0.29) is 11.4 Å². The van der Waals surface area contributed by atoms with Crippen molar-refractivity contribution in [1.82, 2.24) is 0 Å². The number of halogens is 2. The van der Waals surface area contributed by atoms with Crippen LogP contribution in [0.25, 0.3) is 0 Å². The van der Waals surface area contributed by atoms with Gasteiger partial charge in [-0.2, -0.15) is 0 Å². The van der Waals surface area contributed by atoms with Gasteiger partial charge in [-0.1, -0.05) is 15.9 Å². The van der Waals surface area contributed by atoms with Crippen molar-refractivity contribution >= 4 is 21.6 Å². The van der Waals surface area contributed by atoms with Gasteiger partial charge in [0.1, 0.15) is 5.75 Å². The average molecular weight is 312 g/mol. The summed E-state index contributed by atoms with van der Waals surface area (Å²) in [6, 6.07) is 9.82. The second kappa shape index (κ2) is 5.14. The topological polar surface area (TPSA) is 52.4 Å². The molecule has 0 fully saturated rings. The molecule has 0 bridgehead atoms. The molecule has 0 spiro atoms. The van der Waals surface area contributed by atoms with Crippen LogP contribution in [0.5, 0.6) is 11.5 Å². The van der Waals surface area contributed by atoms with E-state index >= 15 is 0 Å². The summed E-state index contributed by atoms with van der Waals surface area (Å²) in [4.78, 5) is 9.95. The lowest BCUT2D eigenvalue weighted by Crippen LogP contribution is -1.90. The van der Waals surface area contributed by atoms with Crippen molar-refractivity contribution in [3.05, 3.63) is 62.9 Å². The van der Waals surface area contributed by atoms with Gasteiger partial charge < -0.3 is 4.74 Å². The minimum absolute atomic E-state index is 0.0429. The van der Waals surface area contributed by atoms with Crippen molar-refractivity contribution in [2.45, 2.75) is 0 Å². The Hall–Kier alpha value is -1.95. The van der Waals surface area contributed by atoms with Crippen LogP contribution < -0.4 is 4.74 Å². The molecule has 0 aliphatic carbocycles. The SMILES string of the molecule is O=[N+]([O-])c1ccc(Oc2ccc(Br)cc2F)cc1. The zero-order valence-corrected chi connectivity index (χ0v) is 10.6. The molecule has 0 unspecified atom stereocenters. The minimum Gasteiger partial charge on any atom is -0.454 e. The molecule has 0 heterocycles. The number of nitro benzene ring substituents is 1. The minimum atomic E-state index is -0.511. The smallest absolute Gasteiger partial charge is 0.269 e. The van der Waals surface area contributed by atoms with Crippen LogP contribution in [-0.2, 0) is 0 Å². The van der Waals surface area contributed by atoms with E-state index in [1.807, 2.05) is 0 Å². The van der Waals surface area contributed by atoms with Gasteiger partial charge in [-0.3, -0.25) is 10.1 Å².